The molecule has 0 saturated carbocycles. The van der Waals surface area contributed by atoms with Gasteiger partial charge in [-0.2, -0.15) is 0 Å². The maximum Gasteiger partial charge on any atom is 0.0649 e. The van der Waals surface area contributed by atoms with E-state index in [1.807, 2.05) is 0 Å². The Bertz CT molecular complexity index is 618. The second-order valence-electron chi connectivity index (χ2n) is 5.37. The summed E-state index contributed by atoms with van der Waals surface area (Å²) < 4.78 is 0. The van der Waals surface area contributed by atoms with Gasteiger partial charge in [-0.1, -0.05) is 30.3 Å². The maximum atomic E-state index is 3.60. The van der Waals surface area contributed by atoms with Gasteiger partial charge in [0.15, 0.2) is 0 Å². The van der Waals surface area contributed by atoms with Crippen LogP contribution in [0.2, 0.25) is 0 Å². The predicted octanol–water partition coefficient (Wildman–Crippen LogP) is 3.74. The van der Waals surface area contributed by atoms with Gasteiger partial charge >= 0.3 is 0 Å². The van der Waals surface area contributed by atoms with Gasteiger partial charge in [0.2, 0.25) is 0 Å². The Morgan fingerprint density at radius 2 is 1.68 bits per heavy atom. The van der Waals surface area contributed by atoms with Crippen molar-refractivity contribution in [3.63, 3.8) is 0 Å². The van der Waals surface area contributed by atoms with Crippen LogP contribution in [0.15, 0.2) is 42.5 Å². The van der Waals surface area contributed by atoms with Gasteiger partial charge in [0.05, 0.1) is 11.4 Å². The van der Waals surface area contributed by atoms with Gasteiger partial charge in [0.1, 0.15) is 0 Å². The van der Waals surface area contributed by atoms with Crippen LogP contribution < -0.4 is 10.2 Å². The summed E-state index contributed by atoms with van der Waals surface area (Å²) in [7, 11) is 0. The molecule has 0 unspecified atom stereocenters. The second kappa shape index (κ2) is 4.30. The molecule has 0 saturated heterocycles. The molecule has 2 heterocycles. The average molecular weight is 250 g/mol. The van der Waals surface area contributed by atoms with Crippen molar-refractivity contribution in [1.29, 1.82) is 0 Å². The van der Waals surface area contributed by atoms with E-state index in [-0.39, 0.29) is 0 Å². The Balaban J connectivity index is 1.82. The molecule has 4 rings (SSSR count). The van der Waals surface area contributed by atoms with E-state index >= 15 is 0 Å². The van der Waals surface area contributed by atoms with Crippen LogP contribution in [-0.2, 0) is 12.8 Å². The van der Waals surface area contributed by atoms with Crippen LogP contribution in [0.25, 0.3) is 0 Å². The number of rotatable bonds is 1. The Kier molecular flexibility index (Phi) is 2.47. The first kappa shape index (κ1) is 10.9. The smallest absolute Gasteiger partial charge is 0.0649 e. The van der Waals surface area contributed by atoms with E-state index in [9.17, 15) is 0 Å². The molecule has 2 aliphatic heterocycles. The van der Waals surface area contributed by atoms with Crippen LogP contribution in [0.4, 0.5) is 17.1 Å². The summed E-state index contributed by atoms with van der Waals surface area (Å²) in [6.45, 7) is 2.19. The number of anilines is 3. The van der Waals surface area contributed by atoms with Crippen molar-refractivity contribution < 1.29 is 0 Å². The molecule has 2 aromatic carbocycles. The van der Waals surface area contributed by atoms with Crippen LogP contribution in [0.3, 0.4) is 0 Å². The van der Waals surface area contributed by atoms with Crippen molar-refractivity contribution >= 4 is 17.1 Å². The fourth-order valence-electron chi connectivity index (χ4n) is 3.30. The summed E-state index contributed by atoms with van der Waals surface area (Å²) in [5, 5.41) is 3.60. The number of nitrogens with one attached hydrogen (secondary N) is 1. The zero-order valence-electron chi connectivity index (χ0n) is 11.0. The molecule has 2 aliphatic rings. The molecule has 0 bridgehead atoms. The van der Waals surface area contributed by atoms with E-state index in [1.54, 1.807) is 0 Å². The quantitative estimate of drug-likeness (QED) is 0.829. The highest BCUT2D eigenvalue weighted by Crippen LogP contribution is 2.40. The van der Waals surface area contributed by atoms with Crippen molar-refractivity contribution in [2.45, 2.75) is 19.3 Å². The van der Waals surface area contributed by atoms with Gasteiger partial charge in [-0.15, -0.1) is 0 Å². The monoisotopic (exact) mass is 250 g/mol. The lowest BCUT2D eigenvalue weighted by atomic mass is 10.0. The summed E-state index contributed by atoms with van der Waals surface area (Å²) in [6, 6.07) is 15.5. The minimum Gasteiger partial charge on any atom is -0.383 e. The van der Waals surface area contributed by atoms with E-state index < -0.39 is 0 Å². The van der Waals surface area contributed by atoms with E-state index in [4.69, 9.17) is 0 Å². The van der Waals surface area contributed by atoms with Gasteiger partial charge in [-0.25, -0.2) is 0 Å². The number of hydrogen-bond acceptors (Lipinski definition) is 2. The molecule has 0 atom stereocenters. The van der Waals surface area contributed by atoms with Crippen molar-refractivity contribution in [2.75, 3.05) is 23.3 Å². The van der Waals surface area contributed by atoms with Crippen molar-refractivity contribution in [1.82, 2.24) is 0 Å². The molecular weight excluding hydrogens is 232 g/mol. The summed E-state index contributed by atoms with van der Waals surface area (Å²) >= 11 is 0. The molecule has 0 fully saturated rings. The third-order valence-electron chi connectivity index (χ3n) is 4.23. The standard InChI is InChI=1S/C17H18N2/c1-2-8-15-13(5-1)10-12-19(15)16-9-3-6-14-7-4-11-18-17(14)16/h1-3,5-6,8-9,18H,4,7,10-12H2. The molecule has 2 heteroatoms. The molecule has 2 aromatic rings. The highest BCUT2D eigenvalue weighted by Gasteiger charge is 2.23. The first-order valence-corrected chi connectivity index (χ1v) is 7.15. The van der Waals surface area contributed by atoms with Crippen LogP contribution >= 0.6 is 0 Å². The van der Waals surface area contributed by atoms with Crippen molar-refractivity contribution in [2.24, 2.45) is 0 Å². The number of hydrogen-bond donors (Lipinski definition) is 1. The van der Waals surface area contributed by atoms with Crippen LogP contribution in [0, 0.1) is 0 Å². The Labute approximate surface area is 114 Å². The summed E-state index contributed by atoms with van der Waals surface area (Å²) in [5.74, 6) is 0. The van der Waals surface area contributed by atoms with E-state index in [0.717, 1.165) is 19.5 Å². The molecule has 0 radical (unpaired) electrons. The van der Waals surface area contributed by atoms with E-state index in [0.29, 0.717) is 0 Å². The number of nitrogens with zero attached hydrogens (tertiary/aromatic N) is 1. The number of fused-ring (bicyclic) bond motifs is 2. The summed E-state index contributed by atoms with van der Waals surface area (Å²) in [6.07, 6.45) is 3.60. The molecule has 2 nitrogen and oxygen atoms in total. The Hall–Kier alpha value is -1.96. The highest BCUT2D eigenvalue weighted by atomic mass is 15.2. The molecule has 0 aliphatic carbocycles. The number of benzene rings is 2. The van der Waals surface area contributed by atoms with Gasteiger partial charge < -0.3 is 10.2 Å². The minimum absolute atomic E-state index is 1.09. The molecule has 0 amide bonds. The Morgan fingerprint density at radius 1 is 0.842 bits per heavy atom. The van der Waals surface area contributed by atoms with Gasteiger partial charge in [-0.05, 0) is 42.5 Å². The molecule has 0 spiro atoms. The fraction of sp³-hybridized carbons (Fsp3) is 0.294. The lowest BCUT2D eigenvalue weighted by Crippen LogP contribution is -2.19. The second-order valence-corrected chi connectivity index (χ2v) is 5.37. The third kappa shape index (κ3) is 1.71. The topological polar surface area (TPSA) is 15.3 Å². The highest BCUT2D eigenvalue weighted by molar-refractivity contribution is 5.82. The van der Waals surface area contributed by atoms with Crippen LogP contribution in [0.1, 0.15) is 17.5 Å². The number of para-hydroxylation sites is 2. The summed E-state index contributed by atoms with van der Waals surface area (Å²) in [5.41, 5.74) is 7.01. The Morgan fingerprint density at radius 3 is 2.68 bits per heavy atom. The largest absolute Gasteiger partial charge is 0.383 e. The molecular formula is C17H18N2. The van der Waals surface area contributed by atoms with Crippen molar-refractivity contribution in [3.8, 4) is 0 Å². The van der Waals surface area contributed by atoms with Gasteiger partial charge in [-0.3, -0.25) is 0 Å². The van der Waals surface area contributed by atoms with Gasteiger partial charge in [0, 0.05) is 18.8 Å². The molecule has 96 valence electrons. The fourth-order valence-corrected chi connectivity index (χ4v) is 3.30. The zero-order chi connectivity index (χ0) is 12.7. The predicted molar refractivity (Wildman–Crippen MR) is 80.4 cm³/mol. The van der Waals surface area contributed by atoms with E-state index in [2.05, 4.69) is 52.7 Å². The molecule has 1 N–H and O–H groups in total. The zero-order valence-corrected chi connectivity index (χ0v) is 11.0. The molecule has 0 aromatic heterocycles. The third-order valence-corrected chi connectivity index (χ3v) is 4.23. The van der Waals surface area contributed by atoms with Crippen molar-refractivity contribution in [3.05, 3.63) is 53.6 Å². The lowest BCUT2D eigenvalue weighted by molar-refractivity contribution is 0.828. The first-order chi connectivity index (χ1) is 9.43. The minimum atomic E-state index is 1.09. The average Bonchev–Trinajstić information content (AvgIpc) is 2.90. The van der Waals surface area contributed by atoms with Gasteiger partial charge in [0.25, 0.3) is 0 Å². The SMILES string of the molecule is c1ccc2c(c1)CCN2c1cccc2c1NCCC2. The summed E-state index contributed by atoms with van der Waals surface area (Å²) in [4.78, 5) is 2.46. The molecule has 19 heavy (non-hydrogen) atoms. The van der Waals surface area contributed by atoms with Crippen LogP contribution in [0.5, 0.6) is 0 Å². The lowest BCUT2D eigenvalue weighted by Gasteiger charge is -2.27. The number of aryl methyl sites for hydroxylation is 1. The van der Waals surface area contributed by atoms with E-state index in [1.165, 1.54) is 41.0 Å². The van der Waals surface area contributed by atoms with Crippen LogP contribution in [-0.4, -0.2) is 13.1 Å². The maximum absolute atomic E-state index is 3.60. The normalized spacial score (nSPS) is 16.7. The first-order valence-electron chi connectivity index (χ1n) is 7.15.